The summed E-state index contributed by atoms with van der Waals surface area (Å²) in [5, 5.41) is 12.4. The van der Waals surface area contributed by atoms with Crippen LogP contribution in [0.15, 0.2) is 29.7 Å². The molecule has 1 aliphatic rings. The van der Waals surface area contributed by atoms with Gasteiger partial charge in [0.05, 0.1) is 5.71 Å². The molecule has 4 nitrogen and oxygen atoms in total. The first-order valence-electron chi connectivity index (χ1n) is 3.93. The van der Waals surface area contributed by atoms with E-state index in [9.17, 15) is 0 Å². The topological polar surface area (TPSA) is 58.3 Å². The zero-order valence-corrected chi connectivity index (χ0v) is 6.84. The maximum absolute atomic E-state index is 8.57. The Labute approximate surface area is 75.5 Å². The molecule has 1 aliphatic heterocycles. The molecule has 0 spiro atoms. The second-order valence-corrected chi connectivity index (χ2v) is 2.70. The molecule has 0 aliphatic carbocycles. The van der Waals surface area contributed by atoms with Gasteiger partial charge >= 0.3 is 0 Å². The molecule has 64 valence electrons. The van der Waals surface area contributed by atoms with Crippen LogP contribution in [0.3, 0.4) is 0 Å². The van der Waals surface area contributed by atoms with Crippen LogP contribution >= 0.6 is 0 Å². The lowest BCUT2D eigenvalue weighted by Crippen LogP contribution is -2.04. The summed E-state index contributed by atoms with van der Waals surface area (Å²) in [6.45, 7) is 0. The van der Waals surface area contributed by atoms with Gasteiger partial charge in [0.2, 0.25) is 6.10 Å². The molecule has 0 fully saturated rings. The first kappa shape index (κ1) is 7.74. The van der Waals surface area contributed by atoms with E-state index in [1.165, 1.54) is 0 Å². The van der Waals surface area contributed by atoms with Crippen LogP contribution in [0.25, 0.3) is 0 Å². The predicted molar refractivity (Wildman–Crippen MR) is 45.9 cm³/mol. The van der Waals surface area contributed by atoms with Crippen LogP contribution in [-0.2, 0) is 4.84 Å². The minimum atomic E-state index is -0.428. The summed E-state index contributed by atoms with van der Waals surface area (Å²) in [5.74, 6) is 0. The zero-order valence-electron chi connectivity index (χ0n) is 6.84. The number of hydrogen-bond acceptors (Lipinski definition) is 4. The Morgan fingerprint density at radius 1 is 1.46 bits per heavy atom. The highest BCUT2D eigenvalue weighted by atomic mass is 16.6. The molecule has 13 heavy (non-hydrogen) atoms. The molecule has 1 atom stereocenters. The number of nitriles is 1. The Balaban J connectivity index is 2.18. The van der Waals surface area contributed by atoms with Crippen molar-refractivity contribution in [3.8, 4) is 6.07 Å². The zero-order chi connectivity index (χ0) is 9.10. The van der Waals surface area contributed by atoms with E-state index in [0.717, 1.165) is 11.3 Å². The molecule has 1 unspecified atom stereocenters. The van der Waals surface area contributed by atoms with Gasteiger partial charge in [0.15, 0.2) is 0 Å². The fourth-order valence-electron chi connectivity index (χ4n) is 1.16. The van der Waals surface area contributed by atoms with Crippen LogP contribution in [0.4, 0.5) is 0 Å². The SMILES string of the molecule is N#CC1CC(c2ccncc2)=NO1. The van der Waals surface area contributed by atoms with Crippen molar-refractivity contribution in [1.82, 2.24) is 4.98 Å². The average molecular weight is 173 g/mol. The summed E-state index contributed by atoms with van der Waals surface area (Å²) in [4.78, 5) is 8.77. The molecule has 0 radical (unpaired) electrons. The van der Waals surface area contributed by atoms with Crippen LogP contribution in [0.5, 0.6) is 0 Å². The number of nitrogens with zero attached hydrogens (tertiary/aromatic N) is 3. The Morgan fingerprint density at radius 3 is 2.85 bits per heavy atom. The van der Waals surface area contributed by atoms with Crippen molar-refractivity contribution in [2.45, 2.75) is 12.5 Å². The molecule has 0 saturated heterocycles. The maximum Gasteiger partial charge on any atom is 0.218 e. The lowest BCUT2D eigenvalue weighted by atomic mass is 10.1. The smallest absolute Gasteiger partial charge is 0.218 e. The number of hydrogen-bond donors (Lipinski definition) is 0. The molecule has 0 saturated carbocycles. The summed E-state index contributed by atoms with van der Waals surface area (Å²) in [6, 6.07) is 5.71. The molecule has 4 heteroatoms. The van der Waals surface area contributed by atoms with E-state index in [1.807, 2.05) is 18.2 Å². The lowest BCUT2D eigenvalue weighted by molar-refractivity contribution is 0.125. The van der Waals surface area contributed by atoms with Crippen LogP contribution in [0.1, 0.15) is 12.0 Å². The second-order valence-electron chi connectivity index (χ2n) is 2.70. The fraction of sp³-hybridized carbons (Fsp3) is 0.222. The van der Waals surface area contributed by atoms with Gasteiger partial charge in [-0.05, 0) is 12.1 Å². The number of aromatic nitrogens is 1. The van der Waals surface area contributed by atoms with Crippen molar-refractivity contribution in [2.75, 3.05) is 0 Å². The van der Waals surface area contributed by atoms with Gasteiger partial charge in [-0.15, -0.1) is 0 Å². The van der Waals surface area contributed by atoms with E-state index < -0.39 is 6.10 Å². The maximum atomic E-state index is 8.57. The van der Waals surface area contributed by atoms with Gasteiger partial charge in [-0.1, -0.05) is 5.16 Å². The first-order chi connectivity index (χ1) is 6.40. The number of oxime groups is 1. The molecular weight excluding hydrogens is 166 g/mol. The third-order valence-electron chi connectivity index (χ3n) is 1.83. The standard InChI is InChI=1S/C9H7N3O/c10-6-8-5-9(12-13-8)7-1-3-11-4-2-7/h1-4,8H,5H2. The van der Waals surface area contributed by atoms with Crippen molar-refractivity contribution in [2.24, 2.45) is 5.16 Å². The Hall–Kier alpha value is -1.89. The molecule has 1 aromatic rings. The summed E-state index contributed by atoms with van der Waals surface area (Å²) in [5.41, 5.74) is 1.78. The van der Waals surface area contributed by atoms with Gasteiger partial charge < -0.3 is 4.84 Å². The fourth-order valence-corrected chi connectivity index (χ4v) is 1.16. The van der Waals surface area contributed by atoms with Crippen molar-refractivity contribution in [1.29, 1.82) is 5.26 Å². The van der Waals surface area contributed by atoms with E-state index in [-0.39, 0.29) is 0 Å². The molecular formula is C9H7N3O. The molecule has 0 amide bonds. The minimum absolute atomic E-state index is 0.428. The highest BCUT2D eigenvalue weighted by Crippen LogP contribution is 2.14. The van der Waals surface area contributed by atoms with Gasteiger partial charge in [0.25, 0.3) is 0 Å². The molecule has 2 rings (SSSR count). The monoisotopic (exact) mass is 173 g/mol. The third kappa shape index (κ3) is 1.49. The number of rotatable bonds is 1. The van der Waals surface area contributed by atoms with Gasteiger partial charge in [0, 0.05) is 24.4 Å². The second kappa shape index (κ2) is 3.23. The summed E-state index contributed by atoms with van der Waals surface area (Å²) in [6.07, 6.45) is 3.51. The van der Waals surface area contributed by atoms with Crippen LogP contribution in [0.2, 0.25) is 0 Å². The summed E-state index contributed by atoms with van der Waals surface area (Å²) >= 11 is 0. The third-order valence-corrected chi connectivity index (χ3v) is 1.83. The predicted octanol–water partition coefficient (Wildman–Crippen LogP) is 1.10. The molecule has 0 bridgehead atoms. The number of pyridine rings is 1. The van der Waals surface area contributed by atoms with E-state index in [2.05, 4.69) is 10.1 Å². The normalized spacial score (nSPS) is 20.2. The molecule has 0 aromatic carbocycles. The van der Waals surface area contributed by atoms with Crippen molar-refractivity contribution in [3.05, 3.63) is 30.1 Å². The Kier molecular flexibility index (Phi) is 1.93. The molecule has 0 N–H and O–H groups in total. The van der Waals surface area contributed by atoms with Gasteiger partial charge in [0.1, 0.15) is 6.07 Å². The van der Waals surface area contributed by atoms with E-state index in [1.54, 1.807) is 12.4 Å². The quantitative estimate of drug-likeness (QED) is 0.638. The minimum Gasteiger partial charge on any atom is -0.376 e. The van der Waals surface area contributed by atoms with Crippen molar-refractivity contribution >= 4 is 5.71 Å². The van der Waals surface area contributed by atoms with Gasteiger partial charge in [-0.2, -0.15) is 5.26 Å². The van der Waals surface area contributed by atoms with Crippen molar-refractivity contribution < 1.29 is 4.84 Å². The summed E-state index contributed by atoms with van der Waals surface area (Å²) < 4.78 is 0. The summed E-state index contributed by atoms with van der Waals surface area (Å²) in [7, 11) is 0. The highest BCUT2D eigenvalue weighted by molar-refractivity contribution is 6.01. The van der Waals surface area contributed by atoms with Crippen LogP contribution in [0, 0.1) is 11.3 Å². The van der Waals surface area contributed by atoms with E-state index >= 15 is 0 Å². The highest BCUT2D eigenvalue weighted by Gasteiger charge is 2.20. The van der Waals surface area contributed by atoms with Gasteiger partial charge in [-0.25, -0.2) is 0 Å². The van der Waals surface area contributed by atoms with Crippen LogP contribution < -0.4 is 0 Å². The van der Waals surface area contributed by atoms with E-state index in [4.69, 9.17) is 10.1 Å². The van der Waals surface area contributed by atoms with E-state index in [0.29, 0.717) is 6.42 Å². The largest absolute Gasteiger partial charge is 0.376 e. The average Bonchev–Trinajstić information content (AvgIpc) is 2.67. The Bertz CT molecular complexity index is 366. The first-order valence-corrected chi connectivity index (χ1v) is 3.93. The molecule has 1 aromatic heterocycles. The van der Waals surface area contributed by atoms with Crippen LogP contribution in [-0.4, -0.2) is 16.8 Å². The Morgan fingerprint density at radius 2 is 2.23 bits per heavy atom. The lowest BCUT2D eigenvalue weighted by Gasteiger charge is -1.95. The van der Waals surface area contributed by atoms with Crippen molar-refractivity contribution in [3.63, 3.8) is 0 Å². The van der Waals surface area contributed by atoms with Gasteiger partial charge in [-0.3, -0.25) is 4.98 Å². The molecule has 2 heterocycles.